The second-order valence-electron chi connectivity index (χ2n) is 9.80. The topological polar surface area (TPSA) is 79.7 Å². The third kappa shape index (κ3) is 5.55. The number of nitrogens with zero attached hydrogens (tertiary/aromatic N) is 5. The van der Waals surface area contributed by atoms with Crippen molar-refractivity contribution in [2.45, 2.75) is 52.9 Å². The van der Waals surface area contributed by atoms with E-state index in [2.05, 4.69) is 45.3 Å². The number of tetrazole rings is 1. The van der Waals surface area contributed by atoms with Crippen LogP contribution in [0.25, 0.3) is 10.9 Å². The van der Waals surface area contributed by atoms with Gasteiger partial charge in [0.05, 0.1) is 12.6 Å². The molecule has 0 fully saturated rings. The van der Waals surface area contributed by atoms with Gasteiger partial charge < -0.3 is 4.98 Å². The number of H-pyrrole nitrogens is 1. The normalized spacial score (nSPS) is 12.3. The maximum absolute atomic E-state index is 13.7. The van der Waals surface area contributed by atoms with Gasteiger partial charge in [-0.1, -0.05) is 55.5 Å². The number of rotatable bonds is 9. The van der Waals surface area contributed by atoms with Gasteiger partial charge in [-0.25, -0.2) is 9.07 Å². The summed E-state index contributed by atoms with van der Waals surface area (Å²) >= 11 is 0. The van der Waals surface area contributed by atoms with Gasteiger partial charge in [-0.15, -0.1) is 5.10 Å². The average Bonchev–Trinajstić information content (AvgIpc) is 3.34. The van der Waals surface area contributed by atoms with Crippen LogP contribution in [0.4, 0.5) is 4.39 Å². The summed E-state index contributed by atoms with van der Waals surface area (Å²) in [5.41, 5.74) is 5.63. The second-order valence-corrected chi connectivity index (χ2v) is 9.80. The van der Waals surface area contributed by atoms with Gasteiger partial charge >= 0.3 is 0 Å². The summed E-state index contributed by atoms with van der Waals surface area (Å²) in [5.74, 6) is 0.443. The molecule has 2 aromatic heterocycles. The zero-order valence-corrected chi connectivity index (χ0v) is 21.9. The van der Waals surface area contributed by atoms with Gasteiger partial charge in [0.2, 0.25) is 0 Å². The van der Waals surface area contributed by atoms with E-state index in [4.69, 9.17) is 0 Å². The Labute approximate surface area is 220 Å². The van der Waals surface area contributed by atoms with Gasteiger partial charge in [0.15, 0.2) is 5.82 Å². The third-order valence-electron chi connectivity index (χ3n) is 6.92. The molecule has 0 aliphatic rings. The Morgan fingerprint density at radius 3 is 2.47 bits per heavy atom. The molecule has 7 nitrogen and oxygen atoms in total. The summed E-state index contributed by atoms with van der Waals surface area (Å²) in [4.78, 5) is 18.5. The summed E-state index contributed by atoms with van der Waals surface area (Å²) in [5, 5.41) is 13.7. The van der Waals surface area contributed by atoms with E-state index in [0.717, 1.165) is 45.4 Å². The molecule has 5 aromatic rings. The highest BCUT2D eigenvalue weighted by molar-refractivity contribution is 5.83. The zero-order valence-electron chi connectivity index (χ0n) is 21.9. The number of aryl methyl sites for hydroxylation is 2. The van der Waals surface area contributed by atoms with E-state index < -0.39 is 0 Å². The highest BCUT2D eigenvalue weighted by Gasteiger charge is 2.26. The minimum absolute atomic E-state index is 0.120. The van der Waals surface area contributed by atoms with Crippen LogP contribution in [0.1, 0.15) is 53.0 Å². The van der Waals surface area contributed by atoms with Crippen LogP contribution in [0.3, 0.4) is 0 Å². The molecule has 0 bridgehead atoms. The monoisotopic (exact) mass is 510 g/mol. The number of aromatic amines is 1. The summed E-state index contributed by atoms with van der Waals surface area (Å²) < 4.78 is 15.5. The number of hydrogen-bond acceptors (Lipinski definition) is 5. The van der Waals surface area contributed by atoms with Crippen LogP contribution in [0.5, 0.6) is 0 Å². The Kier molecular flexibility index (Phi) is 7.42. The lowest BCUT2D eigenvalue weighted by Gasteiger charge is -2.30. The first kappa shape index (κ1) is 25.5. The molecular formula is C30H31FN6O. The van der Waals surface area contributed by atoms with Crippen LogP contribution < -0.4 is 5.56 Å². The van der Waals surface area contributed by atoms with E-state index in [-0.39, 0.29) is 17.4 Å². The van der Waals surface area contributed by atoms with E-state index >= 15 is 0 Å². The summed E-state index contributed by atoms with van der Waals surface area (Å²) in [6.07, 6.45) is 0.722. The van der Waals surface area contributed by atoms with Crippen molar-refractivity contribution < 1.29 is 4.39 Å². The van der Waals surface area contributed by atoms with Crippen molar-refractivity contribution in [2.24, 2.45) is 0 Å². The minimum atomic E-state index is -0.282. The van der Waals surface area contributed by atoms with Crippen LogP contribution in [0, 0.1) is 19.7 Å². The molecule has 0 aliphatic heterocycles. The summed E-state index contributed by atoms with van der Waals surface area (Å²) in [7, 11) is 0. The first-order chi connectivity index (χ1) is 18.4. The fraction of sp³-hybridized carbons (Fsp3) is 0.267. The predicted molar refractivity (Wildman–Crippen MR) is 146 cm³/mol. The maximum atomic E-state index is 13.7. The Morgan fingerprint density at radius 1 is 0.974 bits per heavy atom. The molecule has 1 atom stereocenters. The number of fused-ring (bicyclic) bond motifs is 1. The van der Waals surface area contributed by atoms with Crippen LogP contribution in [0.2, 0.25) is 0 Å². The first-order valence-corrected chi connectivity index (χ1v) is 12.8. The average molecular weight is 511 g/mol. The van der Waals surface area contributed by atoms with Gasteiger partial charge in [-0.05, 0) is 77.2 Å². The van der Waals surface area contributed by atoms with Gasteiger partial charge in [0, 0.05) is 29.6 Å². The molecule has 0 saturated carbocycles. The molecule has 5 rings (SSSR count). The molecule has 0 unspecified atom stereocenters. The molecule has 0 amide bonds. The van der Waals surface area contributed by atoms with Crippen molar-refractivity contribution in [3.05, 3.63) is 123 Å². The van der Waals surface area contributed by atoms with Crippen LogP contribution in [0.15, 0.2) is 77.6 Å². The van der Waals surface area contributed by atoms with Crippen LogP contribution >= 0.6 is 0 Å². The molecule has 2 heterocycles. The Balaban J connectivity index is 1.54. The van der Waals surface area contributed by atoms with Crippen molar-refractivity contribution in [1.29, 1.82) is 0 Å². The fourth-order valence-corrected chi connectivity index (χ4v) is 5.08. The SMILES string of the molecule is CC[C@H](c1nnnn1Cc1ccccc1)N(Cc1ccc(F)cc1)Cc1cc2c(C)cc(C)cc2[nH]c1=O. The lowest BCUT2D eigenvalue weighted by molar-refractivity contribution is 0.161. The Bertz CT molecular complexity index is 1590. The molecule has 0 saturated heterocycles. The van der Waals surface area contributed by atoms with Crippen molar-refractivity contribution in [2.75, 3.05) is 0 Å². The largest absolute Gasteiger partial charge is 0.322 e. The maximum Gasteiger partial charge on any atom is 0.252 e. The van der Waals surface area contributed by atoms with Crippen LogP contribution in [-0.4, -0.2) is 30.1 Å². The van der Waals surface area contributed by atoms with Crippen molar-refractivity contribution >= 4 is 10.9 Å². The molecule has 1 N–H and O–H groups in total. The van der Waals surface area contributed by atoms with E-state index in [1.54, 1.807) is 12.1 Å². The summed E-state index contributed by atoms with van der Waals surface area (Å²) in [6.45, 7) is 7.59. The lowest BCUT2D eigenvalue weighted by Crippen LogP contribution is -2.32. The molecule has 0 aliphatic carbocycles. The lowest BCUT2D eigenvalue weighted by atomic mass is 10.0. The third-order valence-corrected chi connectivity index (χ3v) is 6.92. The van der Waals surface area contributed by atoms with E-state index in [1.807, 2.05) is 54.1 Å². The number of aromatic nitrogens is 5. The number of pyridine rings is 1. The number of benzene rings is 3. The van der Waals surface area contributed by atoms with Crippen LogP contribution in [-0.2, 0) is 19.6 Å². The van der Waals surface area contributed by atoms with E-state index in [9.17, 15) is 9.18 Å². The molecular weight excluding hydrogens is 479 g/mol. The molecule has 8 heteroatoms. The van der Waals surface area contributed by atoms with Gasteiger partial charge in [0.1, 0.15) is 5.82 Å². The fourth-order valence-electron chi connectivity index (χ4n) is 5.08. The number of nitrogens with one attached hydrogen (secondary N) is 1. The van der Waals surface area contributed by atoms with Crippen molar-refractivity contribution in [3.63, 3.8) is 0 Å². The molecule has 0 radical (unpaired) electrons. The highest BCUT2D eigenvalue weighted by Crippen LogP contribution is 2.27. The predicted octanol–water partition coefficient (Wildman–Crippen LogP) is 5.47. The zero-order chi connectivity index (χ0) is 26.6. The Morgan fingerprint density at radius 2 is 1.74 bits per heavy atom. The van der Waals surface area contributed by atoms with Crippen molar-refractivity contribution in [1.82, 2.24) is 30.1 Å². The van der Waals surface area contributed by atoms with Gasteiger partial charge in [-0.2, -0.15) is 0 Å². The van der Waals surface area contributed by atoms with Gasteiger partial charge in [0.25, 0.3) is 5.56 Å². The standard InChI is InChI=1S/C30H31FN6O/c1-4-28(29-33-34-35-37(29)18-22-8-6-5-7-9-22)36(17-23-10-12-25(31)13-11-23)19-24-16-26-21(3)14-20(2)15-27(26)32-30(24)38/h5-16,28H,4,17-19H2,1-3H3,(H,32,38)/t28-/m1/s1. The molecule has 3 aromatic carbocycles. The smallest absolute Gasteiger partial charge is 0.252 e. The number of halogens is 1. The van der Waals surface area contributed by atoms with E-state index in [0.29, 0.717) is 25.2 Å². The molecule has 38 heavy (non-hydrogen) atoms. The summed E-state index contributed by atoms with van der Waals surface area (Å²) in [6, 6.07) is 22.5. The minimum Gasteiger partial charge on any atom is -0.322 e. The highest BCUT2D eigenvalue weighted by atomic mass is 19.1. The van der Waals surface area contributed by atoms with Gasteiger partial charge in [-0.3, -0.25) is 9.69 Å². The first-order valence-electron chi connectivity index (χ1n) is 12.8. The Hall–Kier alpha value is -4.17. The molecule has 0 spiro atoms. The quantitative estimate of drug-likeness (QED) is 0.284. The number of hydrogen-bond donors (Lipinski definition) is 1. The van der Waals surface area contributed by atoms with E-state index in [1.165, 1.54) is 12.1 Å². The molecule has 194 valence electrons. The van der Waals surface area contributed by atoms with Crippen molar-refractivity contribution in [3.8, 4) is 0 Å². The second kappa shape index (κ2) is 11.1.